The van der Waals surface area contributed by atoms with E-state index < -0.39 is 0 Å². The van der Waals surface area contributed by atoms with Crippen LogP contribution in [0.4, 0.5) is 0 Å². The van der Waals surface area contributed by atoms with Gasteiger partial charge in [-0.15, -0.1) is 0 Å². The Morgan fingerprint density at radius 2 is 2.56 bits per heavy atom. The molecule has 88 valence electrons. The Bertz CT molecular complexity index is 359. The number of carbonyl (C=O) groups excluding carboxylic acids is 1. The Kier molecular flexibility index (Phi) is 3.85. The number of hydrogen-bond acceptors (Lipinski definition) is 3. The SMILES string of the molecule is O=C(NCC[C@H]1CCCN1)c1ccoc1Cl. The fraction of sp³-hybridized carbons (Fsp3) is 0.545. The average molecular weight is 243 g/mol. The second-order valence-corrected chi connectivity index (χ2v) is 4.29. The van der Waals surface area contributed by atoms with Gasteiger partial charge in [0.15, 0.2) is 0 Å². The Balaban J connectivity index is 1.73. The van der Waals surface area contributed by atoms with Crippen molar-refractivity contribution in [1.29, 1.82) is 0 Å². The van der Waals surface area contributed by atoms with Crippen LogP contribution in [0.1, 0.15) is 29.6 Å². The summed E-state index contributed by atoms with van der Waals surface area (Å²) >= 11 is 5.70. The maximum atomic E-state index is 11.6. The van der Waals surface area contributed by atoms with Gasteiger partial charge in [0.1, 0.15) is 0 Å². The van der Waals surface area contributed by atoms with Crippen LogP contribution in [0, 0.1) is 0 Å². The molecule has 2 rings (SSSR count). The highest BCUT2D eigenvalue weighted by Crippen LogP contribution is 2.16. The predicted molar refractivity (Wildman–Crippen MR) is 61.7 cm³/mol. The van der Waals surface area contributed by atoms with Gasteiger partial charge in [0, 0.05) is 12.6 Å². The molecule has 0 aliphatic carbocycles. The first kappa shape index (κ1) is 11.5. The summed E-state index contributed by atoms with van der Waals surface area (Å²) in [5, 5.41) is 6.36. The summed E-state index contributed by atoms with van der Waals surface area (Å²) < 4.78 is 4.86. The molecular weight excluding hydrogens is 228 g/mol. The van der Waals surface area contributed by atoms with Crippen molar-refractivity contribution < 1.29 is 9.21 Å². The zero-order chi connectivity index (χ0) is 11.4. The van der Waals surface area contributed by atoms with Crippen molar-refractivity contribution in [3.8, 4) is 0 Å². The van der Waals surface area contributed by atoms with Gasteiger partial charge in [-0.25, -0.2) is 0 Å². The summed E-state index contributed by atoms with van der Waals surface area (Å²) in [6.07, 6.45) is 4.80. The second-order valence-electron chi connectivity index (χ2n) is 3.95. The van der Waals surface area contributed by atoms with Crippen molar-refractivity contribution in [2.24, 2.45) is 0 Å². The molecule has 1 aliphatic rings. The van der Waals surface area contributed by atoms with Crippen LogP contribution in [-0.4, -0.2) is 25.0 Å². The summed E-state index contributed by atoms with van der Waals surface area (Å²) in [7, 11) is 0. The molecule has 0 unspecified atom stereocenters. The molecule has 4 nitrogen and oxygen atoms in total. The third kappa shape index (κ3) is 2.77. The van der Waals surface area contributed by atoms with E-state index in [9.17, 15) is 4.79 Å². The van der Waals surface area contributed by atoms with Gasteiger partial charge in [-0.2, -0.15) is 0 Å². The largest absolute Gasteiger partial charge is 0.452 e. The monoisotopic (exact) mass is 242 g/mol. The summed E-state index contributed by atoms with van der Waals surface area (Å²) in [4.78, 5) is 11.6. The molecule has 5 heteroatoms. The smallest absolute Gasteiger partial charge is 0.256 e. The molecule has 1 aromatic rings. The van der Waals surface area contributed by atoms with Crippen molar-refractivity contribution in [2.75, 3.05) is 13.1 Å². The minimum Gasteiger partial charge on any atom is -0.452 e. The van der Waals surface area contributed by atoms with Crippen LogP contribution in [0.25, 0.3) is 0 Å². The topological polar surface area (TPSA) is 54.3 Å². The van der Waals surface area contributed by atoms with E-state index in [1.807, 2.05) is 0 Å². The minimum absolute atomic E-state index is 0.150. The number of carbonyl (C=O) groups is 1. The van der Waals surface area contributed by atoms with Gasteiger partial charge < -0.3 is 15.1 Å². The normalized spacial score (nSPS) is 19.9. The maximum absolute atomic E-state index is 11.6. The van der Waals surface area contributed by atoms with E-state index in [4.69, 9.17) is 16.0 Å². The third-order valence-electron chi connectivity index (χ3n) is 2.80. The van der Waals surface area contributed by atoms with Gasteiger partial charge in [-0.05, 0) is 43.5 Å². The quantitative estimate of drug-likeness (QED) is 0.847. The molecule has 0 bridgehead atoms. The van der Waals surface area contributed by atoms with Crippen LogP contribution < -0.4 is 10.6 Å². The second kappa shape index (κ2) is 5.37. The molecule has 1 amide bonds. The van der Waals surface area contributed by atoms with Crippen LogP contribution in [0.3, 0.4) is 0 Å². The summed E-state index contributed by atoms with van der Waals surface area (Å²) in [6, 6.07) is 2.12. The lowest BCUT2D eigenvalue weighted by molar-refractivity contribution is 0.0952. The van der Waals surface area contributed by atoms with Crippen LogP contribution >= 0.6 is 11.6 Å². The van der Waals surface area contributed by atoms with Crippen molar-refractivity contribution in [1.82, 2.24) is 10.6 Å². The molecule has 1 saturated heterocycles. The zero-order valence-electron chi connectivity index (χ0n) is 8.96. The first-order valence-electron chi connectivity index (χ1n) is 5.52. The van der Waals surface area contributed by atoms with E-state index in [0.717, 1.165) is 13.0 Å². The summed E-state index contributed by atoms with van der Waals surface area (Å²) in [6.45, 7) is 1.75. The van der Waals surface area contributed by atoms with Crippen molar-refractivity contribution in [3.05, 3.63) is 23.1 Å². The molecule has 0 aromatic carbocycles. The number of furan rings is 1. The van der Waals surface area contributed by atoms with Gasteiger partial charge in [0.2, 0.25) is 5.22 Å². The van der Waals surface area contributed by atoms with E-state index in [1.54, 1.807) is 6.07 Å². The standard InChI is InChI=1S/C11H15ClN2O2/c12-10-9(4-7-16-10)11(15)14-6-3-8-2-1-5-13-8/h4,7-8,13H,1-3,5-6H2,(H,14,15)/t8-/m1/s1. The Labute approximate surface area is 99.3 Å². The van der Waals surface area contributed by atoms with Crippen LogP contribution in [-0.2, 0) is 0 Å². The van der Waals surface area contributed by atoms with E-state index in [1.165, 1.54) is 19.1 Å². The Morgan fingerprint density at radius 3 is 3.19 bits per heavy atom. The minimum atomic E-state index is -0.170. The van der Waals surface area contributed by atoms with Crippen LogP contribution in [0.2, 0.25) is 5.22 Å². The molecule has 0 spiro atoms. The first-order chi connectivity index (χ1) is 7.77. The molecule has 1 aliphatic heterocycles. The number of rotatable bonds is 4. The molecule has 2 heterocycles. The maximum Gasteiger partial charge on any atom is 0.256 e. The van der Waals surface area contributed by atoms with Crippen molar-refractivity contribution in [2.45, 2.75) is 25.3 Å². The van der Waals surface area contributed by atoms with E-state index in [0.29, 0.717) is 18.2 Å². The Morgan fingerprint density at radius 1 is 1.69 bits per heavy atom. The lowest BCUT2D eigenvalue weighted by Gasteiger charge is -2.10. The molecule has 1 fully saturated rings. The van der Waals surface area contributed by atoms with E-state index in [-0.39, 0.29) is 11.1 Å². The van der Waals surface area contributed by atoms with E-state index >= 15 is 0 Å². The molecule has 0 saturated carbocycles. The summed E-state index contributed by atoms with van der Waals surface area (Å²) in [5.74, 6) is -0.170. The number of amides is 1. The first-order valence-corrected chi connectivity index (χ1v) is 5.90. The molecule has 0 radical (unpaired) electrons. The number of nitrogens with one attached hydrogen (secondary N) is 2. The highest BCUT2D eigenvalue weighted by Gasteiger charge is 2.15. The number of halogens is 1. The predicted octanol–water partition coefficient (Wildman–Crippen LogP) is 1.80. The number of hydrogen-bond donors (Lipinski definition) is 2. The fourth-order valence-corrected chi connectivity index (χ4v) is 2.11. The van der Waals surface area contributed by atoms with E-state index in [2.05, 4.69) is 10.6 Å². The van der Waals surface area contributed by atoms with Gasteiger partial charge in [-0.3, -0.25) is 4.79 Å². The molecule has 2 N–H and O–H groups in total. The highest BCUT2D eigenvalue weighted by molar-refractivity contribution is 6.32. The molecule has 1 atom stereocenters. The molecular formula is C11H15ClN2O2. The van der Waals surface area contributed by atoms with Crippen molar-refractivity contribution in [3.63, 3.8) is 0 Å². The third-order valence-corrected chi connectivity index (χ3v) is 3.10. The van der Waals surface area contributed by atoms with Crippen molar-refractivity contribution >= 4 is 17.5 Å². The Hall–Kier alpha value is -1.00. The van der Waals surface area contributed by atoms with Crippen LogP contribution in [0.15, 0.2) is 16.7 Å². The lowest BCUT2D eigenvalue weighted by atomic mass is 10.1. The van der Waals surface area contributed by atoms with Gasteiger partial charge in [0.25, 0.3) is 5.91 Å². The highest BCUT2D eigenvalue weighted by atomic mass is 35.5. The lowest BCUT2D eigenvalue weighted by Crippen LogP contribution is -2.30. The molecule has 1 aromatic heterocycles. The van der Waals surface area contributed by atoms with Gasteiger partial charge in [-0.1, -0.05) is 0 Å². The van der Waals surface area contributed by atoms with Gasteiger partial charge >= 0.3 is 0 Å². The molecule has 16 heavy (non-hydrogen) atoms. The van der Waals surface area contributed by atoms with Crippen LogP contribution in [0.5, 0.6) is 0 Å². The summed E-state index contributed by atoms with van der Waals surface area (Å²) in [5.41, 5.74) is 0.404. The van der Waals surface area contributed by atoms with Gasteiger partial charge in [0.05, 0.1) is 11.8 Å². The average Bonchev–Trinajstić information content (AvgIpc) is 2.88. The zero-order valence-corrected chi connectivity index (χ0v) is 9.72. The fourth-order valence-electron chi connectivity index (χ4n) is 1.91.